The van der Waals surface area contributed by atoms with Gasteiger partial charge in [-0.25, -0.2) is 0 Å². The molecule has 13 heavy (non-hydrogen) atoms. The van der Waals surface area contributed by atoms with E-state index in [9.17, 15) is 0 Å². The fourth-order valence-electron chi connectivity index (χ4n) is 1.10. The number of thiocarbonyl (C=S) groups is 1. The first-order chi connectivity index (χ1) is 6.15. The van der Waals surface area contributed by atoms with Crippen molar-refractivity contribution in [3.05, 3.63) is 23.8 Å². The summed E-state index contributed by atoms with van der Waals surface area (Å²) in [4.78, 5) is 0. The summed E-state index contributed by atoms with van der Waals surface area (Å²) < 4.78 is 5.14. The molecule has 0 aliphatic rings. The third-order valence-electron chi connectivity index (χ3n) is 1.76. The Hall–Kier alpha value is -1.29. The van der Waals surface area contributed by atoms with Crippen LogP contribution in [0.15, 0.2) is 18.2 Å². The van der Waals surface area contributed by atoms with Crippen molar-refractivity contribution in [3.8, 4) is 5.75 Å². The summed E-state index contributed by atoms with van der Waals surface area (Å²) in [6, 6.07) is 5.67. The zero-order valence-electron chi connectivity index (χ0n) is 7.63. The molecule has 3 N–H and O–H groups in total. The van der Waals surface area contributed by atoms with Crippen molar-refractivity contribution in [2.75, 3.05) is 12.4 Å². The molecule has 0 aliphatic carbocycles. The Balaban J connectivity index is 3.01. The first kappa shape index (κ1) is 9.80. The zero-order valence-corrected chi connectivity index (χ0v) is 8.44. The molecule has 0 amide bonds. The van der Waals surface area contributed by atoms with E-state index in [-0.39, 0.29) is 5.11 Å². The highest BCUT2D eigenvalue weighted by atomic mass is 32.1. The molecule has 4 heteroatoms. The van der Waals surface area contributed by atoms with E-state index in [1.807, 2.05) is 25.1 Å². The summed E-state index contributed by atoms with van der Waals surface area (Å²) >= 11 is 4.74. The summed E-state index contributed by atoms with van der Waals surface area (Å²) in [6.45, 7) is 1.94. The second-order valence-electron chi connectivity index (χ2n) is 2.62. The Labute approximate surface area is 82.9 Å². The quantitative estimate of drug-likeness (QED) is 0.706. The second-order valence-corrected chi connectivity index (χ2v) is 3.06. The summed E-state index contributed by atoms with van der Waals surface area (Å²) in [5, 5.41) is 3.14. The van der Waals surface area contributed by atoms with Crippen molar-refractivity contribution in [2.24, 2.45) is 5.73 Å². The first-order valence-corrected chi connectivity index (χ1v) is 4.26. The molecule has 0 radical (unpaired) electrons. The molecular weight excluding hydrogens is 184 g/mol. The lowest BCUT2D eigenvalue weighted by atomic mass is 10.2. The molecule has 0 aliphatic heterocycles. The van der Waals surface area contributed by atoms with Crippen LogP contribution >= 0.6 is 12.2 Å². The SMILES string of the molecule is COc1cccc(NC(N)=S)c1C. The van der Waals surface area contributed by atoms with Gasteiger partial charge in [-0.15, -0.1) is 0 Å². The molecule has 0 heterocycles. The molecule has 70 valence electrons. The predicted molar refractivity (Wildman–Crippen MR) is 58.1 cm³/mol. The third-order valence-corrected chi connectivity index (χ3v) is 1.86. The maximum absolute atomic E-state index is 5.36. The van der Waals surface area contributed by atoms with Gasteiger partial charge in [0.15, 0.2) is 5.11 Å². The Bertz CT molecular complexity index is 325. The molecule has 1 aromatic carbocycles. The van der Waals surface area contributed by atoms with Gasteiger partial charge in [0, 0.05) is 11.3 Å². The normalized spacial score (nSPS) is 9.38. The van der Waals surface area contributed by atoms with Crippen LogP contribution in [0.4, 0.5) is 5.69 Å². The van der Waals surface area contributed by atoms with E-state index in [2.05, 4.69) is 5.32 Å². The van der Waals surface area contributed by atoms with Crippen molar-refractivity contribution in [3.63, 3.8) is 0 Å². The molecule has 0 aromatic heterocycles. The number of nitrogens with one attached hydrogen (secondary N) is 1. The van der Waals surface area contributed by atoms with Crippen LogP contribution in [-0.4, -0.2) is 12.2 Å². The van der Waals surface area contributed by atoms with E-state index in [0.717, 1.165) is 17.0 Å². The Morgan fingerprint density at radius 3 is 2.77 bits per heavy atom. The highest BCUT2D eigenvalue weighted by Crippen LogP contribution is 2.24. The van der Waals surface area contributed by atoms with Crippen molar-refractivity contribution >= 4 is 23.0 Å². The van der Waals surface area contributed by atoms with E-state index < -0.39 is 0 Å². The lowest BCUT2D eigenvalue weighted by molar-refractivity contribution is 0.412. The number of benzene rings is 1. The molecule has 1 rings (SSSR count). The second kappa shape index (κ2) is 4.09. The fourth-order valence-corrected chi connectivity index (χ4v) is 1.21. The first-order valence-electron chi connectivity index (χ1n) is 3.85. The van der Waals surface area contributed by atoms with E-state index in [1.165, 1.54) is 0 Å². The third kappa shape index (κ3) is 2.32. The number of nitrogens with two attached hydrogens (primary N) is 1. The van der Waals surface area contributed by atoms with Crippen molar-refractivity contribution in [1.82, 2.24) is 0 Å². The Morgan fingerprint density at radius 2 is 2.23 bits per heavy atom. The van der Waals surface area contributed by atoms with Gasteiger partial charge in [-0.2, -0.15) is 0 Å². The van der Waals surface area contributed by atoms with Gasteiger partial charge in [-0.1, -0.05) is 6.07 Å². The van der Waals surface area contributed by atoms with Gasteiger partial charge in [0.1, 0.15) is 5.75 Å². The lowest BCUT2D eigenvalue weighted by Gasteiger charge is -2.10. The van der Waals surface area contributed by atoms with Crippen LogP contribution in [0.5, 0.6) is 5.75 Å². The van der Waals surface area contributed by atoms with Gasteiger partial charge in [0.25, 0.3) is 0 Å². The number of rotatable bonds is 2. The Kier molecular flexibility index (Phi) is 3.08. The van der Waals surface area contributed by atoms with E-state index in [0.29, 0.717) is 0 Å². The maximum atomic E-state index is 5.36. The molecular formula is C9H12N2OS. The van der Waals surface area contributed by atoms with Crippen LogP contribution in [0.3, 0.4) is 0 Å². The van der Waals surface area contributed by atoms with Crippen LogP contribution in [-0.2, 0) is 0 Å². The molecule has 0 saturated heterocycles. The molecule has 0 bridgehead atoms. The smallest absolute Gasteiger partial charge is 0.168 e. The van der Waals surface area contributed by atoms with Gasteiger partial charge in [-0.05, 0) is 31.3 Å². The summed E-state index contributed by atoms with van der Waals surface area (Å²) in [6.07, 6.45) is 0. The minimum atomic E-state index is 0.261. The van der Waals surface area contributed by atoms with Crippen LogP contribution in [0.2, 0.25) is 0 Å². The topological polar surface area (TPSA) is 47.3 Å². The van der Waals surface area contributed by atoms with Gasteiger partial charge < -0.3 is 15.8 Å². The van der Waals surface area contributed by atoms with E-state index in [1.54, 1.807) is 7.11 Å². The highest BCUT2D eigenvalue weighted by molar-refractivity contribution is 7.80. The van der Waals surface area contributed by atoms with Gasteiger partial charge in [0.2, 0.25) is 0 Å². The largest absolute Gasteiger partial charge is 0.496 e. The molecule has 0 saturated carbocycles. The molecule has 0 atom stereocenters. The van der Waals surface area contributed by atoms with Gasteiger partial charge in [0.05, 0.1) is 7.11 Å². The monoisotopic (exact) mass is 196 g/mol. The number of hydrogen-bond donors (Lipinski definition) is 2. The van der Waals surface area contributed by atoms with Crippen LogP contribution in [0.25, 0.3) is 0 Å². The highest BCUT2D eigenvalue weighted by Gasteiger charge is 2.03. The number of anilines is 1. The molecule has 3 nitrogen and oxygen atoms in total. The van der Waals surface area contributed by atoms with E-state index >= 15 is 0 Å². The fraction of sp³-hybridized carbons (Fsp3) is 0.222. The van der Waals surface area contributed by atoms with Crippen molar-refractivity contribution in [2.45, 2.75) is 6.92 Å². The maximum Gasteiger partial charge on any atom is 0.168 e. The Morgan fingerprint density at radius 1 is 1.54 bits per heavy atom. The van der Waals surface area contributed by atoms with Crippen molar-refractivity contribution in [1.29, 1.82) is 0 Å². The molecule has 0 unspecified atom stereocenters. The average molecular weight is 196 g/mol. The minimum Gasteiger partial charge on any atom is -0.496 e. The average Bonchev–Trinajstić information content (AvgIpc) is 2.08. The summed E-state index contributed by atoms with van der Waals surface area (Å²) in [5.74, 6) is 0.821. The van der Waals surface area contributed by atoms with Crippen LogP contribution in [0, 0.1) is 6.92 Å². The van der Waals surface area contributed by atoms with Crippen LogP contribution < -0.4 is 15.8 Å². The minimum absolute atomic E-state index is 0.261. The zero-order chi connectivity index (χ0) is 9.84. The summed E-state index contributed by atoms with van der Waals surface area (Å²) in [5.41, 5.74) is 7.24. The molecule has 0 fully saturated rings. The standard InChI is InChI=1S/C9H12N2OS/c1-6-7(11-9(10)13)4-3-5-8(6)12-2/h3-5H,1-2H3,(H3,10,11,13). The van der Waals surface area contributed by atoms with Crippen molar-refractivity contribution < 1.29 is 4.74 Å². The van der Waals surface area contributed by atoms with E-state index in [4.69, 9.17) is 22.7 Å². The number of methoxy groups -OCH3 is 1. The number of hydrogen-bond acceptors (Lipinski definition) is 2. The van der Waals surface area contributed by atoms with Crippen LogP contribution in [0.1, 0.15) is 5.56 Å². The van der Waals surface area contributed by atoms with Gasteiger partial charge >= 0.3 is 0 Å². The van der Waals surface area contributed by atoms with Gasteiger partial charge in [-0.3, -0.25) is 0 Å². The number of ether oxygens (including phenoxy) is 1. The molecule has 1 aromatic rings. The lowest BCUT2D eigenvalue weighted by Crippen LogP contribution is -2.19. The predicted octanol–water partition coefficient (Wildman–Crippen LogP) is 1.66. The summed E-state index contributed by atoms with van der Waals surface area (Å²) in [7, 11) is 1.63. The molecule has 0 spiro atoms.